The Morgan fingerprint density at radius 1 is 1.38 bits per heavy atom. The van der Waals surface area contributed by atoms with Crippen LogP contribution in [0, 0.1) is 5.92 Å². The van der Waals surface area contributed by atoms with Crippen LogP contribution in [0.5, 0.6) is 0 Å². The molecule has 1 unspecified atom stereocenters. The molecule has 2 heterocycles. The van der Waals surface area contributed by atoms with E-state index in [0.717, 1.165) is 4.88 Å². The number of aliphatic hydroxyl groups is 1. The molecule has 1 N–H and O–H groups in total. The third-order valence-corrected chi connectivity index (χ3v) is 4.54. The molecule has 1 nitrogen and oxygen atoms in total. The molecule has 1 aliphatic heterocycles. The molecule has 13 heavy (non-hydrogen) atoms. The molecule has 0 spiro atoms. The average molecular weight is 214 g/mol. The Hall–Kier alpha value is 0.01000. The van der Waals surface area contributed by atoms with E-state index < -0.39 is 0 Å². The fourth-order valence-corrected chi connectivity index (χ4v) is 3.67. The van der Waals surface area contributed by atoms with Crippen LogP contribution in [-0.2, 0) is 0 Å². The van der Waals surface area contributed by atoms with E-state index in [9.17, 15) is 5.11 Å². The zero-order valence-corrected chi connectivity index (χ0v) is 9.11. The molecule has 0 saturated carbocycles. The predicted octanol–water partition coefficient (Wildman–Crippen LogP) is 2.92. The highest BCUT2D eigenvalue weighted by Gasteiger charge is 2.23. The molecule has 1 saturated heterocycles. The van der Waals surface area contributed by atoms with Gasteiger partial charge in [0.25, 0.3) is 0 Å². The first-order valence-electron chi connectivity index (χ1n) is 4.67. The van der Waals surface area contributed by atoms with E-state index in [1.807, 2.05) is 29.3 Å². The number of hydrogen-bond acceptors (Lipinski definition) is 3. The van der Waals surface area contributed by atoms with Crippen LogP contribution in [-0.4, -0.2) is 16.6 Å². The van der Waals surface area contributed by atoms with Crippen LogP contribution in [0.15, 0.2) is 17.5 Å². The van der Waals surface area contributed by atoms with E-state index in [1.54, 1.807) is 11.3 Å². The Labute approximate surface area is 87.2 Å². The second-order valence-electron chi connectivity index (χ2n) is 3.41. The average Bonchev–Trinajstić information content (AvgIpc) is 2.71. The molecular weight excluding hydrogens is 200 g/mol. The summed E-state index contributed by atoms with van der Waals surface area (Å²) in [6.45, 7) is 0. The maximum absolute atomic E-state index is 10.0. The second-order valence-corrected chi connectivity index (χ2v) is 5.61. The Morgan fingerprint density at radius 2 is 2.15 bits per heavy atom. The van der Waals surface area contributed by atoms with E-state index in [2.05, 4.69) is 0 Å². The summed E-state index contributed by atoms with van der Waals surface area (Å²) in [5.74, 6) is 2.93. The topological polar surface area (TPSA) is 20.2 Å². The van der Waals surface area contributed by atoms with Crippen molar-refractivity contribution in [3.63, 3.8) is 0 Å². The van der Waals surface area contributed by atoms with Gasteiger partial charge in [-0.05, 0) is 41.7 Å². The highest BCUT2D eigenvalue weighted by molar-refractivity contribution is 7.99. The maximum Gasteiger partial charge on any atom is 0.0910 e. The number of hydrogen-bond donors (Lipinski definition) is 1. The van der Waals surface area contributed by atoms with Gasteiger partial charge in [-0.3, -0.25) is 0 Å². The standard InChI is InChI=1S/C10H14OS2/c11-10(9-2-1-5-13-9)8-3-6-12-7-4-8/h1-2,5,8,10-11H,3-4,6-7H2. The van der Waals surface area contributed by atoms with E-state index in [0.29, 0.717) is 5.92 Å². The van der Waals surface area contributed by atoms with Crippen molar-refractivity contribution in [2.24, 2.45) is 5.92 Å². The minimum atomic E-state index is -0.208. The number of rotatable bonds is 2. The van der Waals surface area contributed by atoms with Gasteiger partial charge in [0, 0.05) is 4.88 Å². The van der Waals surface area contributed by atoms with Crippen molar-refractivity contribution in [3.05, 3.63) is 22.4 Å². The Bertz CT molecular complexity index is 239. The maximum atomic E-state index is 10.0. The van der Waals surface area contributed by atoms with Crippen molar-refractivity contribution >= 4 is 23.1 Å². The molecule has 0 radical (unpaired) electrons. The second kappa shape index (κ2) is 4.49. The van der Waals surface area contributed by atoms with Crippen LogP contribution in [0.25, 0.3) is 0 Å². The summed E-state index contributed by atoms with van der Waals surface area (Å²) in [5.41, 5.74) is 0. The van der Waals surface area contributed by atoms with Gasteiger partial charge in [0.1, 0.15) is 0 Å². The largest absolute Gasteiger partial charge is 0.387 e. The van der Waals surface area contributed by atoms with Gasteiger partial charge in [-0.25, -0.2) is 0 Å². The summed E-state index contributed by atoms with van der Waals surface area (Å²) in [4.78, 5) is 1.14. The molecule has 0 bridgehead atoms. The van der Waals surface area contributed by atoms with Gasteiger partial charge in [0.2, 0.25) is 0 Å². The van der Waals surface area contributed by atoms with Crippen molar-refractivity contribution in [1.29, 1.82) is 0 Å². The van der Waals surface area contributed by atoms with Gasteiger partial charge < -0.3 is 5.11 Å². The summed E-state index contributed by atoms with van der Waals surface area (Å²) in [6.07, 6.45) is 2.13. The predicted molar refractivity (Wildman–Crippen MR) is 59.3 cm³/mol. The van der Waals surface area contributed by atoms with Gasteiger partial charge in [0.15, 0.2) is 0 Å². The molecule has 0 amide bonds. The first kappa shape index (κ1) is 9.56. The minimum absolute atomic E-state index is 0.208. The van der Waals surface area contributed by atoms with E-state index in [1.165, 1.54) is 24.3 Å². The van der Waals surface area contributed by atoms with Crippen molar-refractivity contribution in [3.8, 4) is 0 Å². The van der Waals surface area contributed by atoms with E-state index in [4.69, 9.17) is 0 Å². The fourth-order valence-electron chi connectivity index (χ4n) is 1.72. The van der Waals surface area contributed by atoms with Gasteiger partial charge in [-0.15, -0.1) is 11.3 Å². The van der Waals surface area contributed by atoms with Crippen molar-refractivity contribution in [2.45, 2.75) is 18.9 Å². The van der Waals surface area contributed by atoms with Crippen molar-refractivity contribution < 1.29 is 5.11 Å². The van der Waals surface area contributed by atoms with Crippen LogP contribution >= 0.6 is 23.1 Å². The summed E-state index contributed by atoms with van der Waals surface area (Å²) in [6, 6.07) is 4.05. The SMILES string of the molecule is OC(c1cccs1)C1CCSCC1. The monoisotopic (exact) mass is 214 g/mol. The normalized spacial score (nSPS) is 21.6. The first-order chi connectivity index (χ1) is 6.38. The Morgan fingerprint density at radius 3 is 2.77 bits per heavy atom. The lowest BCUT2D eigenvalue weighted by Gasteiger charge is -2.25. The quantitative estimate of drug-likeness (QED) is 0.817. The highest BCUT2D eigenvalue weighted by Crippen LogP contribution is 2.34. The van der Waals surface area contributed by atoms with Crippen molar-refractivity contribution in [1.82, 2.24) is 0 Å². The number of thiophene rings is 1. The van der Waals surface area contributed by atoms with Gasteiger partial charge >= 0.3 is 0 Å². The lowest BCUT2D eigenvalue weighted by Crippen LogP contribution is -2.17. The summed E-state index contributed by atoms with van der Waals surface area (Å²) in [7, 11) is 0. The molecule has 1 atom stereocenters. The van der Waals surface area contributed by atoms with Gasteiger partial charge in [-0.1, -0.05) is 6.07 Å². The van der Waals surface area contributed by atoms with Gasteiger partial charge in [-0.2, -0.15) is 11.8 Å². The fraction of sp³-hybridized carbons (Fsp3) is 0.600. The third-order valence-electron chi connectivity index (χ3n) is 2.55. The molecule has 3 heteroatoms. The van der Waals surface area contributed by atoms with Crippen LogP contribution in [0.2, 0.25) is 0 Å². The summed E-state index contributed by atoms with van der Waals surface area (Å²) >= 11 is 3.67. The molecule has 72 valence electrons. The minimum Gasteiger partial charge on any atom is -0.387 e. The molecule has 0 aliphatic carbocycles. The zero-order chi connectivity index (χ0) is 9.10. The number of thioether (sulfide) groups is 1. The summed E-state index contributed by atoms with van der Waals surface area (Å²) in [5, 5.41) is 12.1. The summed E-state index contributed by atoms with van der Waals surface area (Å²) < 4.78 is 0. The molecule has 2 rings (SSSR count). The van der Waals surface area contributed by atoms with Crippen molar-refractivity contribution in [2.75, 3.05) is 11.5 Å². The Kier molecular flexibility index (Phi) is 3.30. The number of aliphatic hydroxyl groups excluding tert-OH is 1. The third kappa shape index (κ3) is 2.27. The van der Waals surface area contributed by atoms with Gasteiger partial charge in [0.05, 0.1) is 6.10 Å². The lowest BCUT2D eigenvalue weighted by molar-refractivity contribution is 0.106. The van der Waals surface area contributed by atoms with Crippen LogP contribution < -0.4 is 0 Å². The molecule has 1 aliphatic rings. The molecule has 0 aromatic carbocycles. The highest BCUT2D eigenvalue weighted by atomic mass is 32.2. The van der Waals surface area contributed by atoms with Crippen LogP contribution in [0.3, 0.4) is 0 Å². The smallest absolute Gasteiger partial charge is 0.0910 e. The lowest BCUT2D eigenvalue weighted by atomic mass is 9.95. The van der Waals surface area contributed by atoms with E-state index in [-0.39, 0.29) is 6.10 Å². The zero-order valence-electron chi connectivity index (χ0n) is 7.48. The molecular formula is C10H14OS2. The first-order valence-corrected chi connectivity index (χ1v) is 6.70. The van der Waals surface area contributed by atoms with Crippen LogP contribution in [0.1, 0.15) is 23.8 Å². The Balaban J connectivity index is 1.99. The molecule has 1 aromatic heterocycles. The van der Waals surface area contributed by atoms with E-state index >= 15 is 0 Å². The molecule has 1 aromatic rings. The molecule has 1 fully saturated rings. The van der Waals surface area contributed by atoms with Crippen LogP contribution in [0.4, 0.5) is 0 Å².